The van der Waals surface area contributed by atoms with Gasteiger partial charge >= 0.3 is 0 Å². The fraction of sp³-hybridized carbons (Fsp3) is 0.517. The maximum Gasteiger partial charge on any atom is 0.217 e. The molecule has 4 N–H and O–H groups in total. The molecule has 0 radical (unpaired) electrons. The van der Waals surface area contributed by atoms with Gasteiger partial charge in [0.15, 0.2) is 0 Å². The Hall–Kier alpha value is -2.84. The fourth-order valence-electron chi connectivity index (χ4n) is 3.53. The minimum atomic E-state index is -1.11. The number of aliphatic hydroxyl groups excluding tert-OH is 1. The quantitative estimate of drug-likeness (QED) is 0.201. The van der Waals surface area contributed by atoms with Gasteiger partial charge in [-0.15, -0.1) is 0 Å². The van der Waals surface area contributed by atoms with Crippen LogP contribution in [0.2, 0.25) is 0 Å². The van der Waals surface area contributed by atoms with Crippen molar-refractivity contribution in [1.82, 2.24) is 10.6 Å². The first-order valence-electron chi connectivity index (χ1n) is 13.0. The van der Waals surface area contributed by atoms with E-state index in [9.17, 15) is 18.7 Å². The molecule has 1 amide bonds. The van der Waals surface area contributed by atoms with Gasteiger partial charge in [-0.25, -0.2) is 13.8 Å². The third-order valence-electron chi connectivity index (χ3n) is 5.15. The second-order valence-corrected chi connectivity index (χ2v) is 8.81. The predicted molar refractivity (Wildman–Crippen MR) is 152 cm³/mol. The molecule has 2 rings (SSSR count). The summed E-state index contributed by atoms with van der Waals surface area (Å²) in [6, 6.07) is 6.09. The van der Waals surface area contributed by atoms with Gasteiger partial charge in [-0.1, -0.05) is 59.4 Å². The number of carbonyl (C=O) groups is 1. The summed E-state index contributed by atoms with van der Waals surface area (Å²) in [5, 5.41) is 19.6. The van der Waals surface area contributed by atoms with Crippen LogP contribution in [0.1, 0.15) is 65.5 Å². The Morgan fingerprint density at radius 2 is 2.03 bits per heavy atom. The molecule has 6 nitrogen and oxygen atoms in total. The van der Waals surface area contributed by atoms with Crippen LogP contribution in [0.3, 0.4) is 0 Å². The maximum absolute atomic E-state index is 12.1. The second kappa shape index (κ2) is 20.2. The molecule has 0 saturated heterocycles. The number of amides is 1. The zero-order chi connectivity index (χ0) is 28.2. The van der Waals surface area contributed by atoms with Crippen molar-refractivity contribution in [1.29, 1.82) is 0 Å². The van der Waals surface area contributed by atoms with Crippen LogP contribution in [-0.4, -0.2) is 42.2 Å². The highest BCUT2D eigenvalue weighted by Crippen LogP contribution is 2.19. The lowest BCUT2D eigenvalue weighted by Gasteiger charge is -2.23. The topological polar surface area (TPSA) is 85.8 Å². The van der Waals surface area contributed by atoms with E-state index in [1.165, 1.54) is 30.8 Å². The van der Waals surface area contributed by atoms with Gasteiger partial charge in [-0.05, 0) is 48.1 Å². The van der Waals surface area contributed by atoms with Gasteiger partial charge in [0.05, 0.1) is 18.5 Å². The molecule has 0 spiro atoms. The van der Waals surface area contributed by atoms with Crippen LogP contribution in [-0.2, 0) is 17.8 Å². The van der Waals surface area contributed by atoms with Gasteiger partial charge in [-0.2, -0.15) is 0 Å². The fourth-order valence-corrected chi connectivity index (χ4v) is 3.53. The molecule has 8 heteroatoms. The molecule has 1 aromatic carbocycles. The molecule has 0 saturated carbocycles. The number of allylic oxidation sites excluding steroid dienone is 4. The van der Waals surface area contributed by atoms with Gasteiger partial charge in [0.2, 0.25) is 5.91 Å². The number of carbonyl (C=O) groups excluding carboxylic acids is 1. The third-order valence-corrected chi connectivity index (χ3v) is 5.15. The Kier molecular flexibility index (Phi) is 18.7. The molecule has 208 valence electrons. The van der Waals surface area contributed by atoms with E-state index in [0.29, 0.717) is 31.8 Å². The smallest absolute Gasteiger partial charge is 0.217 e. The maximum atomic E-state index is 12.1. The van der Waals surface area contributed by atoms with Crippen molar-refractivity contribution in [3.63, 3.8) is 0 Å². The Morgan fingerprint density at radius 1 is 1.32 bits per heavy atom. The summed E-state index contributed by atoms with van der Waals surface area (Å²) in [7, 11) is 0. The SMILES string of the molecule is C=CN=CNc1ccc(CC(C)C)cc1CNCC(O)C(CC)NC(C)=O.CC.FC1=CC(F)CC=C1. The molecular weight excluding hydrogens is 474 g/mol. The lowest BCUT2D eigenvalue weighted by atomic mass is 10.00. The number of nitrogens with zero attached hydrogens (tertiary/aromatic N) is 1. The molecular formula is C29H46F2N4O2. The van der Waals surface area contributed by atoms with Gasteiger partial charge in [0.25, 0.3) is 0 Å². The van der Waals surface area contributed by atoms with Crippen molar-refractivity contribution >= 4 is 17.9 Å². The van der Waals surface area contributed by atoms with Crippen molar-refractivity contribution in [2.24, 2.45) is 10.9 Å². The Bertz CT molecular complexity index is 885. The largest absolute Gasteiger partial charge is 0.390 e. The number of anilines is 1. The van der Waals surface area contributed by atoms with Crippen molar-refractivity contribution < 1.29 is 18.7 Å². The van der Waals surface area contributed by atoms with Crippen LogP contribution in [0.5, 0.6) is 0 Å². The lowest BCUT2D eigenvalue weighted by molar-refractivity contribution is -0.120. The molecule has 0 aliphatic heterocycles. The van der Waals surface area contributed by atoms with E-state index in [1.807, 2.05) is 26.8 Å². The molecule has 0 heterocycles. The second-order valence-electron chi connectivity index (χ2n) is 8.81. The average Bonchev–Trinajstić information content (AvgIpc) is 2.85. The van der Waals surface area contributed by atoms with Crippen molar-refractivity contribution in [2.75, 3.05) is 11.9 Å². The van der Waals surface area contributed by atoms with Crippen LogP contribution < -0.4 is 16.0 Å². The van der Waals surface area contributed by atoms with Gasteiger partial charge < -0.3 is 21.1 Å². The lowest BCUT2D eigenvalue weighted by Crippen LogP contribution is -2.46. The summed E-state index contributed by atoms with van der Waals surface area (Å²) >= 11 is 0. The first-order valence-corrected chi connectivity index (χ1v) is 13.0. The number of hydrogen-bond acceptors (Lipinski definition) is 4. The third kappa shape index (κ3) is 15.8. The zero-order valence-corrected chi connectivity index (χ0v) is 23.2. The predicted octanol–water partition coefficient (Wildman–Crippen LogP) is 6.00. The van der Waals surface area contributed by atoms with Crippen LogP contribution in [0.4, 0.5) is 14.5 Å². The molecule has 1 aromatic rings. The molecule has 3 unspecified atom stereocenters. The van der Waals surface area contributed by atoms with Gasteiger partial charge in [0.1, 0.15) is 12.0 Å². The van der Waals surface area contributed by atoms with Crippen LogP contribution in [0.25, 0.3) is 0 Å². The number of hydrogen-bond donors (Lipinski definition) is 4. The molecule has 0 bridgehead atoms. The molecule has 0 fully saturated rings. The monoisotopic (exact) mass is 520 g/mol. The number of aliphatic hydroxyl groups is 1. The van der Waals surface area contributed by atoms with E-state index in [2.05, 4.69) is 53.5 Å². The Balaban J connectivity index is 0.00000108. The van der Waals surface area contributed by atoms with E-state index >= 15 is 0 Å². The first kappa shape index (κ1) is 34.2. The Morgan fingerprint density at radius 3 is 2.54 bits per heavy atom. The molecule has 3 atom stereocenters. The molecule has 37 heavy (non-hydrogen) atoms. The first-order chi connectivity index (χ1) is 17.7. The van der Waals surface area contributed by atoms with Crippen molar-refractivity contribution in [3.8, 4) is 0 Å². The van der Waals surface area contributed by atoms with E-state index < -0.39 is 18.1 Å². The van der Waals surface area contributed by atoms with E-state index in [0.717, 1.165) is 23.7 Å². The van der Waals surface area contributed by atoms with Crippen molar-refractivity contribution in [3.05, 3.63) is 66.2 Å². The number of aliphatic imine (C=N–C) groups is 1. The highest BCUT2D eigenvalue weighted by molar-refractivity contribution is 5.77. The zero-order valence-electron chi connectivity index (χ0n) is 23.2. The summed E-state index contributed by atoms with van der Waals surface area (Å²) in [4.78, 5) is 15.2. The van der Waals surface area contributed by atoms with E-state index in [1.54, 1.807) is 6.34 Å². The van der Waals surface area contributed by atoms with E-state index in [-0.39, 0.29) is 11.9 Å². The number of rotatable bonds is 12. The van der Waals surface area contributed by atoms with Gasteiger partial charge in [0, 0.05) is 38.3 Å². The number of alkyl halides is 1. The summed E-state index contributed by atoms with van der Waals surface area (Å²) in [6.45, 7) is 16.4. The average molecular weight is 521 g/mol. The minimum absolute atomic E-state index is 0.129. The van der Waals surface area contributed by atoms with Gasteiger partial charge in [-0.3, -0.25) is 4.79 Å². The van der Waals surface area contributed by atoms with E-state index in [4.69, 9.17) is 0 Å². The van der Waals surface area contributed by atoms with Crippen molar-refractivity contribution in [2.45, 2.75) is 85.7 Å². The summed E-state index contributed by atoms with van der Waals surface area (Å²) in [6.07, 6.45) is 7.06. The molecule has 1 aliphatic carbocycles. The summed E-state index contributed by atoms with van der Waals surface area (Å²) in [5.41, 5.74) is 3.34. The summed E-state index contributed by atoms with van der Waals surface area (Å²) in [5.74, 6) is -0.0178. The van der Waals surface area contributed by atoms with Crippen LogP contribution >= 0.6 is 0 Å². The minimum Gasteiger partial charge on any atom is -0.390 e. The highest BCUT2D eigenvalue weighted by atomic mass is 19.1. The normalized spacial score (nSPS) is 16.1. The standard InChI is InChI=1S/C21H34N4O2.C6H6F2.C2H6/c1-6-19(25-16(5)26)21(27)13-23-12-18-11-17(10-15(3)4)8-9-20(18)24-14-22-7-2;7-5-2-1-3-6(8)4-5;1-2/h7-9,11,14-15,19,21,23,27H,2,6,10,12-13H2,1,3-5H3,(H,22,24)(H,25,26);1-2,4,6H,3H2;1-2H3. The summed E-state index contributed by atoms with van der Waals surface area (Å²) < 4.78 is 24.0. The number of nitrogens with one attached hydrogen (secondary N) is 3. The molecule has 0 aromatic heterocycles. The van der Waals surface area contributed by atoms with Crippen LogP contribution in [0, 0.1) is 5.92 Å². The number of benzene rings is 1. The number of halogens is 2. The Labute approximate surface area is 222 Å². The molecule has 1 aliphatic rings. The van der Waals surface area contributed by atoms with Crippen LogP contribution in [0.15, 0.2) is 60.0 Å². The highest BCUT2D eigenvalue weighted by Gasteiger charge is 2.18.